The van der Waals surface area contributed by atoms with Crippen molar-refractivity contribution in [3.05, 3.63) is 53.0 Å². The number of rotatable bonds is 6. The third-order valence-corrected chi connectivity index (χ3v) is 12.3. The van der Waals surface area contributed by atoms with Gasteiger partial charge >= 0.3 is 11.9 Å². The van der Waals surface area contributed by atoms with Gasteiger partial charge in [-0.2, -0.15) is 0 Å². The number of phenols is 1. The molecule has 3 fully saturated rings. The van der Waals surface area contributed by atoms with Crippen LogP contribution in [0, 0.1) is 35.5 Å². The van der Waals surface area contributed by atoms with Crippen molar-refractivity contribution in [2.75, 3.05) is 6.61 Å². The quantitative estimate of drug-likeness (QED) is 0.303. The Morgan fingerprint density at radius 1 is 1.23 bits per heavy atom. The SMILES string of the molecule is CC=C(C)C(=O)O[C@@H]1C[C@H](O)[C@@]2(C)[C@H]3[C@@H](OC[C@]13C)[C@@H](OC(=O)[C@H](C)CC)[C@@]1(C)c3cc(O)c(-c4ccoc4)c(C)c3C[C@@H]12. The summed E-state index contributed by atoms with van der Waals surface area (Å²) < 4.78 is 24.7. The number of carbonyl (C=O) groups is 2. The van der Waals surface area contributed by atoms with E-state index in [1.54, 1.807) is 32.4 Å². The molecule has 4 aliphatic rings. The van der Waals surface area contributed by atoms with Crippen molar-refractivity contribution in [3.8, 4) is 16.9 Å². The highest BCUT2D eigenvalue weighted by Crippen LogP contribution is 2.71. The van der Waals surface area contributed by atoms with E-state index in [0.717, 1.165) is 27.8 Å². The van der Waals surface area contributed by atoms with E-state index < -0.39 is 46.6 Å². The van der Waals surface area contributed by atoms with Gasteiger partial charge in [-0.05, 0) is 68.4 Å². The van der Waals surface area contributed by atoms with Crippen LogP contribution in [-0.4, -0.2) is 53.2 Å². The summed E-state index contributed by atoms with van der Waals surface area (Å²) in [4.78, 5) is 26.5. The molecule has 238 valence electrons. The molecule has 6 rings (SSSR count). The molecule has 0 spiro atoms. The number of hydrogen-bond acceptors (Lipinski definition) is 8. The third-order valence-electron chi connectivity index (χ3n) is 12.3. The van der Waals surface area contributed by atoms with E-state index in [4.69, 9.17) is 18.6 Å². The van der Waals surface area contributed by atoms with Gasteiger partial charge in [0.1, 0.15) is 18.0 Å². The topological polar surface area (TPSA) is 115 Å². The maximum absolute atomic E-state index is 13.5. The zero-order valence-corrected chi connectivity index (χ0v) is 27.1. The highest BCUT2D eigenvalue weighted by molar-refractivity contribution is 5.87. The highest BCUT2D eigenvalue weighted by Gasteiger charge is 2.76. The van der Waals surface area contributed by atoms with Crippen LogP contribution in [0.1, 0.15) is 78.0 Å². The molecule has 2 N–H and O–H groups in total. The molecule has 1 saturated heterocycles. The Balaban J connectivity index is 1.52. The van der Waals surface area contributed by atoms with Crippen molar-refractivity contribution in [1.82, 2.24) is 0 Å². The lowest BCUT2D eigenvalue weighted by Gasteiger charge is -2.64. The standard InChI is InChI=1S/C36H46O8/c1-9-18(3)32(39)43-27-15-26(38)36(8)25-13-22-20(5)28(21-11-12-41-16-21)24(37)14-23(22)35(25,7)31(44-33(40)19(4)10-2)29-30(36)34(27,6)17-42-29/h9,11-12,14,16,19,25-27,29-31,37-38H,10,13,15,17H2,1-8H3/t19-,25+,26+,27-,29-,30+,31-,34-,35+,36+/m1/s1. The molecule has 0 unspecified atom stereocenters. The van der Waals surface area contributed by atoms with E-state index in [2.05, 4.69) is 20.8 Å². The number of benzene rings is 1. The summed E-state index contributed by atoms with van der Waals surface area (Å²) in [5, 5.41) is 23.6. The van der Waals surface area contributed by atoms with E-state index >= 15 is 0 Å². The Kier molecular flexibility index (Phi) is 7.36. The number of ether oxygens (including phenoxy) is 3. The molecular formula is C36H46O8. The average molecular weight is 607 g/mol. The fourth-order valence-corrected chi connectivity index (χ4v) is 9.48. The van der Waals surface area contributed by atoms with Gasteiger partial charge in [0.25, 0.3) is 0 Å². The highest BCUT2D eigenvalue weighted by atomic mass is 16.6. The Labute approximate surface area is 259 Å². The van der Waals surface area contributed by atoms with Gasteiger partial charge in [-0.25, -0.2) is 4.79 Å². The monoisotopic (exact) mass is 606 g/mol. The second-order valence-corrected chi connectivity index (χ2v) is 14.4. The number of phenolic OH excluding ortho intramolecular Hbond substituents is 1. The first-order valence-electron chi connectivity index (χ1n) is 16.0. The lowest BCUT2D eigenvalue weighted by molar-refractivity contribution is -0.242. The lowest BCUT2D eigenvalue weighted by atomic mass is 9.41. The molecule has 0 radical (unpaired) electrons. The molecule has 0 bridgehead atoms. The summed E-state index contributed by atoms with van der Waals surface area (Å²) in [6, 6.07) is 3.66. The van der Waals surface area contributed by atoms with Gasteiger partial charge in [-0.3, -0.25) is 4.79 Å². The number of aliphatic hydroxyl groups is 1. The van der Waals surface area contributed by atoms with Gasteiger partial charge in [0.15, 0.2) is 0 Å². The number of carbonyl (C=O) groups excluding carboxylic acids is 2. The van der Waals surface area contributed by atoms with Crippen LogP contribution in [0.15, 0.2) is 40.7 Å². The zero-order valence-electron chi connectivity index (χ0n) is 27.1. The lowest BCUT2D eigenvalue weighted by Crippen LogP contribution is -2.71. The normalized spacial score (nSPS) is 38.0. The molecule has 2 saturated carbocycles. The molecule has 2 heterocycles. The summed E-state index contributed by atoms with van der Waals surface area (Å²) >= 11 is 0. The molecule has 1 aromatic carbocycles. The maximum atomic E-state index is 13.5. The van der Waals surface area contributed by atoms with Gasteiger partial charge < -0.3 is 28.8 Å². The minimum absolute atomic E-state index is 0.136. The van der Waals surface area contributed by atoms with Crippen LogP contribution in [0.4, 0.5) is 0 Å². The first-order valence-corrected chi connectivity index (χ1v) is 16.0. The number of aromatic hydroxyl groups is 1. The second-order valence-electron chi connectivity index (χ2n) is 14.4. The van der Waals surface area contributed by atoms with Crippen LogP contribution >= 0.6 is 0 Å². The van der Waals surface area contributed by atoms with Crippen LogP contribution in [0.5, 0.6) is 5.75 Å². The number of esters is 2. The Hall–Kier alpha value is -3.10. The first-order chi connectivity index (χ1) is 20.7. The molecule has 8 nitrogen and oxygen atoms in total. The van der Waals surface area contributed by atoms with Crippen molar-refractivity contribution >= 4 is 11.9 Å². The van der Waals surface area contributed by atoms with Crippen LogP contribution in [0.3, 0.4) is 0 Å². The van der Waals surface area contributed by atoms with Gasteiger partial charge in [0.2, 0.25) is 0 Å². The maximum Gasteiger partial charge on any atom is 0.333 e. The minimum atomic E-state index is -0.805. The number of fused-ring (bicyclic) bond motifs is 4. The van der Waals surface area contributed by atoms with Crippen molar-refractivity contribution < 1.29 is 38.4 Å². The Morgan fingerprint density at radius 3 is 2.59 bits per heavy atom. The summed E-state index contributed by atoms with van der Waals surface area (Å²) in [6.07, 6.45) is 3.91. The molecule has 44 heavy (non-hydrogen) atoms. The van der Waals surface area contributed by atoms with Crippen LogP contribution < -0.4 is 0 Å². The van der Waals surface area contributed by atoms with Gasteiger partial charge in [0, 0.05) is 45.3 Å². The van der Waals surface area contributed by atoms with Crippen molar-refractivity contribution in [3.63, 3.8) is 0 Å². The van der Waals surface area contributed by atoms with Crippen LogP contribution in [-0.2, 0) is 35.6 Å². The fraction of sp³-hybridized carbons (Fsp3) is 0.611. The smallest absolute Gasteiger partial charge is 0.333 e. The molecule has 1 aliphatic heterocycles. The summed E-state index contributed by atoms with van der Waals surface area (Å²) in [7, 11) is 0. The minimum Gasteiger partial charge on any atom is -0.507 e. The fourth-order valence-electron chi connectivity index (χ4n) is 9.48. The van der Waals surface area contributed by atoms with Crippen molar-refractivity contribution in [1.29, 1.82) is 0 Å². The first kappa shape index (κ1) is 30.9. The Bertz CT molecular complexity index is 1510. The van der Waals surface area contributed by atoms with E-state index in [1.165, 1.54) is 0 Å². The molecule has 2 aromatic rings. The van der Waals surface area contributed by atoms with Crippen molar-refractivity contribution in [2.45, 2.75) is 104 Å². The summed E-state index contributed by atoms with van der Waals surface area (Å²) in [6.45, 7) is 16.0. The molecule has 1 aromatic heterocycles. The molecule has 8 heteroatoms. The summed E-state index contributed by atoms with van der Waals surface area (Å²) in [5.74, 6) is -1.26. The predicted octanol–water partition coefficient (Wildman–Crippen LogP) is 6.03. The summed E-state index contributed by atoms with van der Waals surface area (Å²) in [5.41, 5.74) is 2.94. The van der Waals surface area contributed by atoms with E-state index in [0.29, 0.717) is 25.0 Å². The van der Waals surface area contributed by atoms with Gasteiger partial charge in [0.05, 0.1) is 37.3 Å². The number of allylic oxidation sites excluding steroid dienone is 1. The molecule has 3 aliphatic carbocycles. The largest absolute Gasteiger partial charge is 0.507 e. The predicted molar refractivity (Wildman–Crippen MR) is 164 cm³/mol. The number of hydrogen-bond donors (Lipinski definition) is 2. The van der Waals surface area contributed by atoms with E-state index in [9.17, 15) is 19.8 Å². The van der Waals surface area contributed by atoms with E-state index in [-0.39, 0.29) is 35.9 Å². The van der Waals surface area contributed by atoms with Crippen LogP contribution in [0.2, 0.25) is 0 Å². The Morgan fingerprint density at radius 2 is 1.95 bits per heavy atom. The third kappa shape index (κ3) is 4.02. The van der Waals surface area contributed by atoms with Crippen molar-refractivity contribution in [2.24, 2.45) is 28.6 Å². The average Bonchev–Trinajstić information content (AvgIpc) is 3.72. The second kappa shape index (κ2) is 10.5. The van der Waals surface area contributed by atoms with Gasteiger partial charge in [-0.15, -0.1) is 0 Å². The molecule has 10 atom stereocenters. The van der Waals surface area contributed by atoms with Crippen LogP contribution in [0.25, 0.3) is 11.1 Å². The van der Waals surface area contributed by atoms with E-state index in [1.807, 2.05) is 32.9 Å². The number of furan rings is 1. The molecule has 0 amide bonds. The number of aliphatic hydroxyl groups excluding tert-OH is 1. The van der Waals surface area contributed by atoms with Gasteiger partial charge in [-0.1, -0.05) is 40.7 Å². The molecular weight excluding hydrogens is 560 g/mol. The zero-order chi connectivity index (χ0) is 31.9.